The Morgan fingerprint density at radius 1 is 1.05 bits per heavy atom. The lowest BCUT2D eigenvalue weighted by atomic mass is 10.0. The van der Waals surface area contributed by atoms with E-state index in [1.807, 2.05) is 13.8 Å². The average Bonchev–Trinajstić information content (AvgIpc) is 2.36. The summed E-state index contributed by atoms with van der Waals surface area (Å²) < 4.78 is 28.5. The van der Waals surface area contributed by atoms with Gasteiger partial charge in [0.15, 0.2) is 0 Å². The summed E-state index contributed by atoms with van der Waals surface area (Å²) in [7, 11) is -3.38. The van der Waals surface area contributed by atoms with E-state index in [0.29, 0.717) is 26.1 Å². The molecule has 0 bridgehead atoms. The lowest BCUT2D eigenvalue weighted by Crippen LogP contribution is -2.43. The third-order valence-corrected chi connectivity index (χ3v) is 4.65. The van der Waals surface area contributed by atoms with Gasteiger partial charge in [-0.3, -0.25) is 0 Å². The molecule has 0 heterocycles. The average molecular weight is 294 g/mol. The highest BCUT2D eigenvalue weighted by atomic mass is 32.2. The molecule has 0 saturated heterocycles. The molecule has 1 atom stereocenters. The molecule has 6 heteroatoms. The van der Waals surface area contributed by atoms with Crippen molar-refractivity contribution in [3.05, 3.63) is 0 Å². The van der Waals surface area contributed by atoms with Gasteiger partial charge in [0.1, 0.15) is 0 Å². The molecule has 2 N–H and O–H groups in total. The fraction of sp³-hybridized carbons (Fsp3) is 1.00. The van der Waals surface area contributed by atoms with Crippen LogP contribution in [-0.2, 0) is 10.2 Å². The molecule has 19 heavy (non-hydrogen) atoms. The predicted molar refractivity (Wildman–Crippen MR) is 79.2 cm³/mol. The highest BCUT2D eigenvalue weighted by Crippen LogP contribution is 2.11. The second-order valence-corrected chi connectivity index (χ2v) is 6.67. The Kier molecular flexibility index (Phi) is 10.5. The number of rotatable bonds is 12. The number of hydrogen-bond donors (Lipinski definition) is 2. The van der Waals surface area contributed by atoms with Gasteiger partial charge < -0.3 is 5.11 Å². The van der Waals surface area contributed by atoms with Gasteiger partial charge >= 0.3 is 0 Å². The van der Waals surface area contributed by atoms with Crippen LogP contribution in [0.15, 0.2) is 0 Å². The Labute approximate surface area is 118 Å². The van der Waals surface area contributed by atoms with Crippen molar-refractivity contribution in [3.63, 3.8) is 0 Å². The highest BCUT2D eigenvalue weighted by molar-refractivity contribution is 7.87. The zero-order valence-electron chi connectivity index (χ0n) is 12.6. The molecule has 0 aliphatic rings. The van der Waals surface area contributed by atoms with Crippen molar-refractivity contribution >= 4 is 10.2 Å². The van der Waals surface area contributed by atoms with E-state index in [1.54, 1.807) is 0 Å². The summed E-state index contributed by atoms with van der Waals surface area (Å²) in [4.78, 5) is 0. The van der Waals surface area contributed by atoms with Crippen molar-refractivity contribution in [1.82, 2.24) is 9.03 Å². The van der Waals surface area contributed by atoms with Gasteiger partial charge in [0, 0.05) is 26.2 Å². The second-order valence-electron chi connectivity index (χ2n) is 4.92. The molecule has 0 aromatic rings. The van der Waals surface area contributed by atoms with Crippen molar-refractivity contribution in [2.75, 3.05) is 26.2 Å². The van der Waals surface area contributed by atoms with Gasteiger partial charge in [0.2, 0.25) is 0 Å². The van der Waals surface area contributed by atoms with E-state index in [9.17, 15) is 8.42 Å². The summed E-state index contributed by atoms with van der Waals surface area (Å²) in [5.74, 6) is 0.217. The van der Waals surface area contributed by atoms with Crippen LogP contribution in [0.4, 0.5) is 0 Å². The molecular weight excluding hydrogens is 264 g/mol. The van der Waals surface area contributed by atoms with Crippen LogP contribution in [0, 0.1) is 5.92 Å². The first-order valence-corrected chi connectivity index (χ1v) is 8.81. The summed E-state index contributed by atoms with van der Waals surface area (Å²) in [5, 5.41) is 8.98. The fourth-order valence-corrected chi connectivity index (χ4v) is 3.58. The van der Waals surface area contributed by atoms with E-state index in [0.717, 1.165) is 25.7 Å². The predicted octanol–water partition coefficient (Wildman–Crippen LogP) is 1.74. The molecule has 0 aromatic heterocycles. The molecule has 0 spiro atoms. The maximum absolute atomic E-state index is 12.2. The van der Waals surface area contributed by atoms with Crippen LogP contribution >= 0.6 is 0 Å². The SMILES string of the molecule is CCCC(CCO)CNS(=O)(=O)N(CCC)CCC. The Morgan fingerprint density at radius 3 is 2.05 bits per heavy atom. The van der Waals surface area contributed by atoms with Crippen LogP contribution in [0.3, 0.4) is 0 Å². The van der Waals surface area contributed by atoms with Crippen LogP contribution in [0.1, 0.15) is 52.9 Å². The van der Waals surface area contributed by atoms with Gasteiger partial charge in [-0.25, -0.2) is 4.72 Å². The monoisotopic (exact) mass is 294 g/mol. The lowest BCUT2D eigenvalue weighted by Gasteiger charge is -2.23. The normalized spacial score (nSPS) is 13.9. The standard InChI is InChI=1S/C13H30N2O3S/c1-4-7-13(8-11-16)12-14-19(17,18)15(9-5-2)10-6-3/h13-14,16H,4-12H2,1-3H3. The third kappa shape index (κ3) is 7.87. The number of aliphatic hydroxyl groups excluding tert-OH is 1. The maximum atomic E-state index is 12.2. The number of hydrogen-bond acceptors (Lipinski definition) is 3. The van der Waals surface area contributed by atoms with E-state index in [1.165, 1.54) is 4.31 Å². The van der Waals surface area contributed by atoms with Crippen LogP contribution in [0.25, 0.3) is 0 Å². The molecule has 0 fully saturated rings. The van der Waals surface area contributed by atoms with Gasteiger partial charge in [0.05, 0.1) is 0 Å². The topological polar surface area (TPSA) is 69.6 Å². The van der Waals surface area contributed by atoms with E-state index >= 15 is 0 Å². The number of aliphatic hydroxyl groups is 1. The zero-order chi connectivity index (χ0) is 14.7. The fourth-order valence-electron chi connectivity index (χ4n) is 2.10. The molecule has 0 amide bonds. The maximum Gasteiger partial charge on any atom is 0.279 e. The van der Waals surface area contributed by atoms with Crippen LogP contribution in [0.2, 0.25) is 0 Å². The Balaban J connectivity index is 4.46. The summed E-state index contributed by atoms with van der Waals surface area (Å²) >= 11 is 0. The lowest BCUT2D eigenvalue weighted by molar-refractivity contribution is 0.251. The molecular formula is C13H30N2O3S. The number of nitrogens with zero attached hydrogens (tertiary/aromatic N) is 1. The van der Waals surface area contributed by atoms with Gasteiger partial charge in [-0.15, -0.1) is 0 Å². The summed E-state index contributed by atoms with van der Waals surface area (Å²) in [6, 6.07) is 0. The molecule has 1 unspecified atom stereocenters. The van der Waals surface area contributed by atoms with Crippen LogP contribution < -0.4 is 4.72 Å². The van der Waals surface area contributed by atoms with E-state index in [2.05, 4.69) is 11.6 Å². The summed E-state index contributed by atoms with van der Waals surface area (Å²) in [6.07, 6.45) is 4.22. The minimum Gasteiger partial charge on any atom is -0.396 e. The van der Waals surface area contributed by atoms with Gasteiger partial charge in [-0.2, -0.15) is 12.7 Å². The summed E-state index contributed by atoms with van der Waals surface area (Å²) in [6.45, 7) is 7.66. The third-order valence-electron chi connectivity index (χ3n) is 3.07. The first-order chi connectivity index (χ1) is 9.01. The van der Waals surface area contributed by atoms with Crippen LogP contribution in [0.5, 0.6) is 0 Å². The molecule has 0 aromatic carbocycles. The molecule has 0 aliphatic heterocycles. The minimum atomic E-state index is -3.38. The van der Waals surface area contributed by atoms with Gasteiger partial charge in [-0.1, -0.05) is 27.2 Å². The molecule has 0 aliphatic carbocycles. The van der Waals surface area contributed by atoms with Gasteiger partial charge in [-0.05, 0) is 31.6 Å². The molecule has 0 saturated carbocycles. The minimum absolute atomic E-state index is 0.111. The smallest absolute Gasteiger partial charge is 0.279 e. The van der Waals surface area contributed by atoms with Crippen molar-refractivity contribution in [3.8, 4) is 0 Å². The van der Waals surface area contributed by atoms with Gasteiger partial charge in [0.25, 0.3) is 10.2 Å². The van der Waals surface area contributed by atoms with Crippen molar-refractivity contribution in [1.29, 1.82) is 0 Å². The summed E-state index contributed by atoms with van der Waals surface area (Å²) in [5.41, 5.74) is 0. The molecule has 0 radical (unpaired) electrons. The first kappa shape index (κ1) is 18.8. The van der Waals surface area contributed by atoms with Crippen LogP contribution in [-0.4, -0.2) is 44.1 Å². The van der Waals surface area contributed by atoms with Crippen molar-refractivity contribution in [2.45, 2.75) is 52.9 Å². The zero-order valence-corrected chi connectivity index (χ0v) is 13.4. The molecule has 5 nitrogen and oxygen atoms in total. The quantitative estimate of drug-likeness (QED) is 0.576. The Morgan fingerprint density at radius 2 is 1.63 bits per heavy atom. The molecule has 116 valence electrons. The Hall–Kier alpha value is -0.170. The first-order valence-electron chi connectivity index (χ1n) is 7.37. The largest absolute Gasteiger partial charge is 0.396 e. The van der Waals surface area contributed by atoms with E-state index < -0.39 is 10.2 Å². The second kappa shape index (κ2) is 10.6. The molecule has 0 rings (SSSR count). The number of nitrogens with one attached hydrogen (secondary N) is 1. The van der Waals surface area contributed by atoms with E-state index in [4.69, 9.17) is 5.11 Å². The highest BCUT2D eigenvalue weighted by Gasteiger charge is 2.21. The van der Waals surface area contributed by atoms with Crippen molar-refractivity contribution < 1.29 is 13.5 Å². The Bertz CT molecular complexity index is 295. The van der Waals surface area contributed by atoms with E-state index in [-0.39, 0.29) is 12.5 Å². The van der Waals surface area contributed by atoms with Crippen molar-refractivity contribution in [2.24, 2.45) is 5.92 Å².